The lowest BCUT2D eigenvalue weighted by atomic mass is 9.93. The van der Waals surface area contributed by atoms with Crippen LogP contribution in [0.5, 0.6) is 0 Å². The van der Waals surface area contributed by atoms with E-state index in [1.165, 1.54) is 13.2 Å². The van der Waals surface area contributed by atoms with Crippen molar-refractivity contribution >= 4 is 45.1 Å². The molecule has 0 aliphatic carbocycles. The van der Waals surface area contributed by atoms with Gasteiger partial charge in [0.2, 0.25) is 0 Å². The van der Waals surface area contributed by atoms with Crippen LogP contribution in [-0.4, -0.2) is 25.1 Å². The Balaban J connectivity index is 1.82. The number of nitrogens with zero attached hydrogens (tertiary/aromatic N) is 2. The molecular weight excluding hydrogens is 348 g/mol. The molecule has 0 spiro atoms. The first kappa shape index (κ1) is 16.5. The molecule has 136 valence electrons. The molecule has 28 heavy (non-hydrogen) atoms. The van der Waals surface area contributed by atoms with E-state index in [1.807, 2.05) is 12.1 Å². The van der Waals surface area contributed by atoms with Crippen molar-refractivity contribution in [2.45, 2.75) is 0 Å². The lowest BCUT2D eigenvalue weighted by Gasteiger charge is -2.30. The van der Waals surface area contributed by atoms with Gasteiger partial charge in [-0.3, -0.25) is 0 Å². The molecule has 5 rings (SSSR count). The van der Waals surface area contributed by atoms with Crippen molar-refractivity contribution < 1.29 is 9.53 Å². The molecule has 2 heterocycles. The zero-order valence-electron chi connectivity index (χ0n) is 15.6. The summed E-state index contributed by atoms with van der Waals surface area (Å²) in [7, 11) is 3.47. The second kappa shape index (κ2) is 6.20. The number of aromatic nitrogens is 1. The Morgan fingerprint density at radius 2 is 1.82 bits per heavy atom. The molecule has 0 radical (unpaired) electrons. The maximum Gasteiger partial charge on any atom is 0.330 e. The Labute approximate surface area is 162 Å². The number of pyridine rings is 1. The maximum absolute atomic E-state index is 11.4. The summed E-state index contributed by atoms with van der Waals surface area (Å²) in [6, 6.07) is 20.8. The summed E-state index contributed by atoms with van der Waals surface area (Å²) in [6.45, 7) is 0. The van der Waals surface area contributed by atoms with Gasteiger partial charge in [0.15, 0.2) is 0 Å². The molecule has 4 heteroatoms. The number of benzene rings is 3. The highest BCUT2D eigenvalue weighted by Crippen LogP contribution is 2.47. The molecule has 4 aromatic rings. The molecule has 0 amide bonds. The lowest BCUT2D eigenvalue weighted by Crippen LogP contribution is -2.15. The van der Waals surface area contributed by atoms with Gasteiger partial charge in [0, 0.05) is 29.5 Å². The van der Waals surface area contributed by atoms with Gasteiger partial charge in [0.05, 0.1) is 29.7 Å². The van der Waals surface area contributed by atoms with Crippen molar-refractivity contribution in [3.63, 3.8) is 0 Å². The molecular formula is C24H18N2O2. The number of carbonyl (C=O) groups is 1. The molecule has 0 atom stereocenters. The average Bonchev–Trinajstić information content (AvgIpc) is 2.75. The lowest BCUT2D eigenvalue weighted by molar-refractivity contribution is -0.134. The van der Waals surface area contributed by atoms with Gasteiger partial charge >= 0.3 is 5.97 Å². The van der Waals surface area contributed by atoms with Crippen LogP contribution in [0.1, 0.15) is 5.56 Å². The van der Waals surface area contributed by atoms with Gasteiger partial charge < -0.3 is 9.64 Å². The highest BCUT2D eigenvalue weighted by molar-refractivity contribution is 6.19. The topological polar surface area (TPSA) is 42.4 Å². The highest BCUT2D eigenvalue weighted by Gasteiger charge is 2.24. The molecule has 0 bridgehead atoms. The van der Waals surface area contributed by atoms with Crippen molar-refractivity contribution in [3.8, 4) is 11.3 Å². The number of methoxy groups -OCH3 is 1. The van der Waals surface area contributed by atoms with E-state index in [-0.39, 0.29) is 5.97 Å². The first-order valence-electron chi connectivity index (χ1n) is 9.13. The van der Waals surface area contributed by atoms with Gasteiger partial charge in [-0.2, -0.15) is 0 Å². The molecule has 4 nitrogen and oxygen atoms in total. The normalized spacial score (nSPS) is 12.6. The Bertz CT molecular complexity index is 1290. The SMILES string of the molecule is COC(=O)/C=C/c1ccc2nc3c4c(cccc4c2c1)N(C)c1ccccc1-3. The van der Waals surface area contributed by atoms with Crippen LogP contribution in [0.2, 0.25) is 0 Å². The quantitative estimate of drug-likeness (QED) is 0.273. The standard InChI is InChI=1S/C24H18N2O2/c1-26-20-8-4-3-6-17(20)24-23-16(7-5-9-21(23)26)18-14-15(10-12-19(18)25-24)11-13-22(27)28-2/h3-14H,1-2H3/b13-11+. The summed E-state index contributed by atoms with van der Waals surface area (Å²) in [4.78, 5) is 18.7. The van der Waals surface area contributed by atoms with Crippen molar-refractivity contribution in [3.05, 3.63) is 72.3 Å². The van der Waals surface area contributed by atoms with E-state index in [9.17, 15) is 4.79 Å². The van der Waals surface area contributed by atoms with Gasteiger partial charge in [-0.05, 0) is 41.3 Å². The molecule has 1 aromatic heterocycles. The molecule has 1 aliphatic rings. The van der Waals surface area contributed by atoms with Crippen LogP contribution >= 0.6 is 0 Å². The summed E-state index contributed by atoms with van der Waals surface area (Å²) in [5, 5.41) is 3.39. The molecule has 0 saturated heterocycles. The summed E-state index contributed by atoms with van der Waals surface area (Å²) in [5.74, 6) is -0.367. The molecule has 3 aromatic carbocycles. The van der Waals surface area contributed by atoms with Gasteiger partial charge in [-0.25, -0.2) is 9.78 Å². The van der Waals surface area contributed by atoms with E-state index in [4.69, 9.17) is 4.98 Å². The van der Waals surface area contributed by atoms with Crippen molar-refractivity contribution in [1.82, 2.24) is 4.98 Å². The number of hydrogen-bond acceptors (Lipinski definition) is 4. The fourth-order valence-electron chi connectivity index (χ4n) is 3.96. The second-order valence-corrected chi connectivity index (χ2v) is 6.87. The monoisotopic (exact) mass is 366 g/mol. The summed E-state index contributed by atoms with van der Waals surface area (Å²) >= 11 is 0. The van der Waals surface area contributed by atoms with Crippen molar-refractivity contribution in [2.24, 2.45) is 0 Å². The van der Waals surface area contributed by atoms with E-state index >= 15 is 0 Å². The number of rotatable bonds is 2. The average molecular weight is 366 g/mol. The smallest absolute Gasteiger partial charge is 0.330 e. The van der Waals surface area contributed by atoms with Crippen LogP contribution in [0.4, 0.5) is 11.4 Å². The fraction of sp³-hybridized carbons (Fsp3) is 0.0833. The number of hydrogen-bond donors (Lipinski definition) is 0. The summed E-state index contributed by atoms with van der Waals surface area (Å²) in [6.07, 6.45) is 3.20. The van der Waals surface area contributed by atoms with E-state index in [0.717, 1.165) is 49.9 Å². The number of carbonyl (C=O) groups excluding carboxylic acids is 1. The molecule has 0 N–H and O–H groups in total. The Kier molecular flexibility index (Phi) is 3.66. The number of anilines is 2. The molecule has 0 unspecified atom stereocenters. The zero-order valence-corrected chi connectivity index (χ0v) is 15.6. The predicted octanol–water partition coefficient (Wildman–Crippen LogP) is 5.32. The second-order valence-electron chi connectivity index (χ2n) is 6.87. The van der Waals surface area contributed by atoms with Crippen LogP contribution < -0.4 is 4.90 Å². The fourth-order valence-corrected chi connectivity index (χ4v) is 3.96. The third kappa shape index (κ3) is 2.38. The number of esters is 1. The van der Waals surface area contributed by atoms with Gasteiger partial charge in [-0.1, -0.05) is 36.4 Å². The third-order valence-electron chi connectivity index (χ3n) is 5.32. The summed E-state index contributed by atoms with van der Waals surface area (Å²) < 4.78 is 4.68. The highest BCUT2D eigenvalue weighted by atomic mass is 16.5. The molecule has 0 fully saturated rings. The minimum atomic E-state index is -0.367. The van der Waals surface area contributed by atoms with E-state index in [1.54, 1.807) is 6.08 Å². The van der Waals surface area contributed by atoms with E-state index in [0.29, 0.717) is 0 Å². The Hall–Kier alpha value is -3.66. The predicted molar refractivity (Wildman–Crippen MR) is 114 cm³/mol. The minimum absolute atomic E-state index is 0.367. The van der Waals surface area contributed by atoms with E-state index < -0.39 is 0 Å². The first-order chi connectivity index (χ1) is 13.7. The van der Waals surface area contributed by atoms with Gasteiger partial charge in [-0.15, -0.1) is 0 Å². The van der Waals surface area contributed by atoms with Crippen LogP contribution in [-0.2, 0) is 9.53 Å². The number of para-hydroxylation sites is 1. The zero-order chi connectivity index (χ0) is 19.3. The van der Waals surface area contributed by atoms with Crippen LogP contribution in [0.3, 0.4) is 0 Å². The van der Waals surface area contributed by atoms with Gasteiger partial charge in [0.25, 0.3) is 0 Å². The molecule has 1 aliphatic heterocycles. The van der Waals surface area contributed by atoms with Crippen molar-refractivity contribution in [1.29, 1.82) is 0 Å². The van der Waals surface area contributed by atoms with Crippen LogP contribution in [0.25, 0.3) is 39.0 Å². The first-order valence-corrected chi connectivity index (χ1v) is 9.13. The largest absolute Gasteiger partial charge is 0.466 e. The minimum Gasteiger partial charge on any atom is -0.466 e. The van der Waals surface area contributed by atoms with Gasteiger partial charge in [0.1, 0.15) is 0 Å². The molecule has 0 saturated carbocycles. The third-order valence-corrected chi connectivity index (χ3v) is 5.32. The Morgan fingerprint density at radius 3 is 2.68 bits per heavy atom. The number of ether oxygens (including phenoxy) is 1. The van der Waals surface area contributed by atoms with Crippen LogP contribution in [0, 0.1) is 0 Å². The number of fused-ring (bicyclic) bond motifs is 4. The maximum atomic E-state index is 11.4. The Morgan fingerprint density at radius 1 is 1.00 bits per heavy atom. The van der Waals surface area contributed by atoms with E-state index in [2.05, 4.69) is 65.2 Å². The van der Waals surface area contributed by atoms with Crippen molar-refractivity contribution in [2.75, 3.05) is 19.1 Å². The summed E-state index contributed by atoms with van der Waals surface area (Å²) in [5.41, 5.74) is 6.34. The van der Waals surface area contributed by atoms with Crippen LogP contribution in [0.15, 0.2) is 66.7 Å².